The second kappa shape index (κ2) is 3.49. The first-order chi connectivity index (χ1) is 7.95. The highest BCUT2D eigenvalue weighted by Gasteiger charge is 2.61. The van der Waals surface area contributed by atoms with Crippen LogP contribution in [-0.4, -0.2) is 11.9 Å². The maximum absolute atomic E-state index is 12.1. The molecule has 3 aliphatic carbocycles. The highest BCUT2D eigenvalue weighted by atomic mass is 16.2. The summed E-state index contributed by atoms with van der Waals surface area (Å²) in [5.41, 5.74) is 0.738. The van der Waals surface area contributed by atoms with Gasteiger partial charge in [-0.25, -0.2) is 0 Å². The highest BCUT2D eigenvalue weighted by molar-refractivity contribution is 5.79. The van der Waals surface area contributed by atoms with Crippen LogP contribution in [0.5, 0.6) is 0 Å². The minimum atomic E-state index is 0.330. The third-order valence-electron chi connectivity index (χ3n) is 6.59. The molecule has 17 heavy (non-hydrogen) atoms. The SMILES string of the molecule is CC1(C)[C@H]2CC[C@@]1(C)[C@H](NC(=O)C1CCC1)C2. The third-order valence-corrected chi connectivity index (χ3v) is 6.59. The number of hydrogen-bond acceptors (Lipinski definition) is 1. The molecule has 0 aromatic carbocycles. The molecule has 3 saturated carbocycles. The van der Waals surface area contributed by atoms with Gasteiger partial charge in [0.25, 0.3) is 0 Å². The molecule has 0 heterocycles. The lowest BCUT2D eigenvalue weighted by Crippen LogP contribution is -2.49. The van der Waals surface area contributed by atoms with E-state index in [2.05, 4.69) is 26.1 Å². The van der Waals surface area contributed by atoms with Gasteiger partial charge in [0.15, 0.2) is 0 Å². The number of hydrogen-bond donors (Lipinski definition) is 1. The molecule has 1 N–H and O–H groups in total. The zero-order valence-corrected chi connectivity index (χ0v) is 11.4. The highest BCUT2D eigenvalue weighted by Crippen LogP contribution is 2.65. The second-order valence-corrected chi connectivity index (χ2v) is 7.30. The summed E-state index contributed by atoms with van der Waals surface area (Å²) in [6.45, 7) is 7.20. The van der Waals surface area contributed by atoms with Crippen LogP contribution in [0, 0.1) is 22.7 Å². The molecule has 96 valence electrons. The predicted octanol–water partition coefficient (Wildman–Crippen LogP) is 3.12. The number of nitrogens with one attached hydrogen (secondary N) is 1. The van der Waals surface area contributed by atoms with E-state index in [0.717, 1.165) is 18.8 Å². The van der Waals surface area contributed by atoms with Gasteiger partial charge >= 0.3 is 0 Å². The van der Waals surface area contributed by atoms with E-state index in [1.807, 2.05) is 0 Å². The lowest BCUT2D eigenvalue weighted by Gasteiger charge is -2.40. The Balaban J connectivity index is 1.71. The van der Waals surface area contributed by atoms with Crippen molar-refractivity contribution in [2.24, 2.45) is 22.7 Å². The minimum Gasteiger partial charge on any atom is -0.353 e. The second-order valence-electron chi connectivity index (χ2n) is 7.30. The summed E-state index contributed by atoms with van der Waals surface area (Å²) in [6.07, 6.45) is 7.33. The van der Waals surface area contributed by atoms with E-state index in [-0.39, 0.29) is 0 Å². The van der Waals surface area contributed by atoms with Crippen molar-refractivity contribution < 1.29 is 4.79 Å². The number of fused-ring (bicyclic) bond motifs is 2. The molecule has 0 spiro atoms. The number of carbonyl (C=O) groups excluding carboxylic acids is 1. The normalized spacial score (nSPS) is 43.5. The molecule has 2 nitrogen and oxygen atoms in total. The lowest BCUT2D eigenvalue weighted by atomic mass is 9.69. The van der Waals surface area contributed by atoms with Gasteiger partial charge in [0.2, 0.25) is 5.91 Å². The van der Waals surface area contributed by atoms with E-state index >= 15 is 0 Å². The van der Waals surface area contributed by atoms with E-state index in [1.54, 1.807) is 0 Å². The van der Waals surface area contributed by atoms with Gasteiger partial charge in [0.1, 0.15) is 0 Å². The van der Waals surface area contributed by atoms with E-state index in [9.17, 15) is 4.79 Å². The molecule has 3 rings (SSSR count). The number of rotatable bonds is 2. The number of amides is 1. The smallest absolute Gasteiger partial charge is 0.223 e. The molecule has 2 bridgehead atoms. The molecule has 1 amide bonds. The molecule has 3 aliphatic rings. The van der Waals surface area contributed by atoms with Crippen molar-refractivity contribution in [2.75, 3.05) is 0 Å². The Kier molecular flexibility index (Phi) is 2.37. The van der Waals surface area contributed by atoms with Crippen LogP contribution in [0.2, 0.25) is 0 Å². The van der Waals surface area contributed by atoms with Crippen molar-refractivity contribution in [1.82, 2.24) is 5.32 Å². The average Bonchev–Trinajstić information content (AvgIpc) is 2.47. The predicted molar refractivity (Wildman–Crippen MR) is 68.5 cm³/mol. The summed E-state index contributed by atoms with van der Waals surface area (Å²) in [5, 5.41) is 3.37. The van der Waals surface area contributed by atoms with Gasteiger partial charge < -0.3 is 5.32 Å². The molecular formula is C15H25NO. The van der Waals surface area contributed by atoms with Crippen LogP contribution < -0.4 is 5.32 Å². The molecule has 0 aliphatic heterocycles. The van der Waals surface area contributed by atoms with Gasteiger partial charge in [-0.05, 0) is 48.9 Å². The molecule has 0 unspecified atom stereocenters. The fourth-order valence-electron chi connectivity index (χ4n) is 4.38. The topological polar surface area (TPSA) is 29.1 Å². The summed E-state index contributed by atoms with van der Waals surface area (Å²) in [6, 6.07) is 0.435. The van der Waals surface area contributed by atoms with Gasteiger partial charge in [0, 0.05) is 12.0 Å². The first-order valence-electron chi connectivity index (χ1n) is 7.25. The molecule has 0 aromatic rings. The standard InChI is InChI=1S/C15H25NO/c1-14(2)11-7-8-15(14,3)12(9-11)16-13(17)10-5-4-6-10/h10-12H,4-9H2,1-3H3,(H,16,17)/t11-,12+,15-/m0/s1. The number of carbonyl (C=O) groups is 1. The molecule has 0 saturated heterocycles. The van der Waals surface area contributed by atoms with Crippen molar-refractivity contribution >= 4 is 5.91 Å². The molecular weight excluding hydrogens is 210 g/mol. The van der Waals surface area contributed by atoms with Crippen LogP contribution in [0.25, 0.3) is 0 Å². The van der Waals surface area contributed by atoms with Crippen LogP contribution in [0.4, 0.5) is 0 Å². The van der Waals surface area contributed by atoms with Gasteiger partial charge in [-0.15, -0.1) is 0 Å². The van der Waals surface area contributed by atoms with Crippen molar-refractivity contribution in [2.45, 2.75) is 65.3 Å². The maximum atomic E-state index is 12.1. The van der Waals surface area contributed by atoms with E-state index in [4.69, 9.17) is 0 Å². The Morgan fingerprint density at radius 2 is 1.88 bits per heavy atom. The maximum Gasteiger partial charge on any atom is 0.223 e. The van der Waals surface area contributed by atoms with E-state index in [1.165, 1.54) is 25.7 Å². The molecule has 3 atom stereocenters. The minimum absolute atomic E-state index is 0.330. The summed E-state index contributed by atoms with van der Waals surface area (Å²) < 4.78 is 0. The largest absolute Gasteiger partial charge is 0.353 e. The molecule has 3 fully saturated rings. The summed E-state index contributed by atoms with van der Waals surface area (Å²) in [4.78, 5) is 12.1. The van der Waals surface area contributed by atoms with Crippen molar-refractivity contribution in [3.8, 4) is 0 Å². The monoisotopic (exact) mass is 235 g/mol. The van der Waals surface area contributed by atoms with Gasteiger partial charge in [-0.1, -0.05) is 27.2 Å². The molecule has 0 aromatic heterocycles. The van der Waals surface area contributed by atoms with Crippen LogP contribution in [-0.2, 0) is 4.79 Å². The average molecular weight is 235 g/mol. The third kappa shape index (κ3) is 1.42. The zero-order valence-electron chi connectivity index (χ0n) is 11.4. The Labute approximate surface area is 105 Å². The first kappa shape index (κ1) is 11.6. The Bertz CT molecular complexity index is 345. The molecule has 2 heteroatoms. The Morgan fingerprint density at radius 3 is 2.29 bits per heavy atom. The summed E-state index contributed by atoms with van der Waals surface area (Å²) in [5.74, 6) is 1.49. The Morgan fingerprint density at radius 1 is 1.18 bits per heavy atom. The van der Waals surface area contributed by atoms with Crippen LogP contribution >= 0.6 is 0 Å². The summed E-state index contributed by atoms with van der Waals surface area (Å²) in [7, 11) is 0. The van der Waals surface area contributed by atoms with Gasteiger partial charge in [-0.3, -0.25) is 4.79 Å². The quantitative estimate of drug-likeness (QED) is 0.783. The van der Waals surface area contributed by atoms with Crippen molar-refractivity contribution in [1.29, 1.82) is 0 Å². The van der Waals surface area contributed by atoms with Crippen molar-refractivity contribution in [3.05, 3.63) is 0 Å². The van der Waals surface area contributed by atoms with E-state index < -0.39 is 0 Å². The van der Waals surface area contributed by atoms with Crippen molar-refractivity contribution in [3.63, 3.8) is 0 Å². The Hall–Kier alpha value is -0.530. The fraction of sp³-hybridized carbons (Fsp3) is 0.933. The van der Waals surface area contributed by atoms with Gasteiger partial charge in [-0.2, -0.15) is 0 Å². The van der Waals surface area contributed by atoms with E-state index in [0.29, 0.717) is 28.7 Å². The lowest BCUT2D eigenvalue weighted by molar-refractivity contribution is -0.129. The van der Waals surface area contributed by atoms with Crippen LogP contribution in [0.3, 0.4) is 0 Å². The molecule has 0 radical (unpaired) electrons. The first-order valence-corrected chi connectivity index (χ1v) is 7.25. The van der Waals surface area contributed by atoms with Crippen LogP contribution in [0.1, 0.15) is 59.3 Å². The zero-order chi connectivity index (χ0) is 12.3. The van der Waals surface area contributed by atoms with Gasteiger partial charge in [0.05, 0.1) is 0 Å². The fourth-order valence-corrected chi connectivity index (χ4v) is 4.38. The summed E-state index contributed by atoms with van der Waals surface area (Å²) >= 11 is 0. The van der Waals surface area contributed by atoms with Crippen LogP contribution in [0.15, 0.2) is 0 Å².